The van der Waals surface area contributed by atoms with Crippen molar-refractivity contribution in [3.05, 3.63) is 17.8 Å². The predicted octanol–water partition coefficient (Wildman–Crippen LogP) is -1.01. The number of carbonyl (C=O) groups is 1. The van der Waals surface area contributed by atoms with Gasteiger partial charge >= 0.3 is 5.97 Å². The molecule has 0 aromatic carbocycles. The molecule has 2 unspecified atom stereocenters. The number of nitrogens with zero attached hydrogens (tertiary/aromatic N) is 2. The highest BCUT2D eigenvalue weighted by Crippen LogP contribution is 2.22. The van der Waals surface area contributed by atoms with Crippen molar-refractivity contribution in [3.63, 3.8) is 0 Å². The molecule has 1 aromatic heterocycles. The average molecular weight is 253 g/mol. The molecule has 0 amide bonds. The average Bonchev–Trinajstić information content (AvgIpc) is 2.69. The first kappa shape index (κ1) is 12.6. The second-order valence-electron chi connectivity index (χ2n) is 4.16. The zero-order valence-corrected chi connectivity index (χ0v) is 9.91. The number of aliphatic hydroxyl groups excluding tert-OH is 2. The van der Waals surface area contributed by atoms with Gasteiger partial charge in [0.25, 0.3) is 0 Å². The van der Waals surface area contributed by atoms with Crippen LogP contribution in [-0.4, -0.2) is 53.6 Å². The third-order valence-corrected chi connectivity index (χ3v) is 2.91. The Balaban J connectivity index is 2.27. The molecule has 2 rings (SSSR count). The molecule has 0 bridgehead atoms. The fraction of sp³-hybridized carbons (Fsp3) is 0.455. The van der Waals surface area contributed by atoms with E-state index in [0.717, 1.165) is 0 Å². The molecule has 2 heterocycles. The third kappa shape index (κ3) is 2.22. The summed E-state index contributed by atoms with van der Waals surface area (Å²) in [6.07, 6.45) is -0.268. The standard InChI is InChI=1S/C11H15N3O4/c1-18-11(17)6-2-10(13-3-7(6)12)14-4-8(15)9(16)5-14/h2-3,8-9,15-16H,4-5,12H2,1H3. The van der Waals surface area contributed by atoms with Crippen LogP contribution in [0.1, 0.15) is 10.4 Å². The van der Waals surface area contributed by atoms with Gasteiger partial charge in [-0.05, 0) is 6.07 Å². The highest BCUT2D eigenvalue weighted by Gasteiger charge is 2.30. The molecule has 1 aliphatic rings. The summed E-state index contributed by atoms with van der Waals surface area (Å²) in [5, 5.41) is 18.9. The lowest BCUT2D eigenvalue weighted by Crippen LogP contribution is -2.23. The number of rotatable bonds is 2. The van der Waals surface area contributed by atoms with E-state index in [1.54, 1.807) is 4.90 Å². The minimum Gasteiger partial charge on any atom is -0.465 e. The fourth-order valence-electron chi connectivity index (χ4n) is 1.87. The molecule has 7 nitrogen and oxygen atoms in total. The molecule has 0 aliphatic carbocycles. The lowest BCUT2D eigenvalue weighted by Gasteiger charge is -2.17. The van der Waals surface area contributed by atoms with Crippen LogP contribution in [0.5, 0.6) is 0 Å². The van der Waals surface area contributed by atoms with Gasteiger partial charge in [0.15, 0.2) is 0 Å². The van der Waals surface area contributed by atoms with Crippen LogP contribution in [0.3, 0.4) is 0 Å². The Morgan fingerprint density at radius 1 is 1.50 bits per heavy atom. The summed E-state index contributed by atoms with van der Waals surface area (Å²) in [7, 11) is 1.27. The van der Waals surface area contributed by atoms with Crippen molar-refractivity contribution < 1.29 is 19.7 Å². The number of β-amino-alcohol motifs (C(OH)–C–C–N with tert-alkyl or cyclic N) is 2. The Hall–Kier alpha value is -1.86. The van der Waals surface area contributed by atoms with Crippen molar-refractivity contribution in [1.82, 2.24) is 4.98 Å². The van der Waals surface area contributed by atoms with Gasteiger partial charge in [0.1, 0.15) is 5.82 Å². The number of methoxy groups -OCH3 is 1. The van der Waals surface area contributed by atoms with E-state index in [1.807, 2.05) is 0 Å². The molecule has 1 aliphatic heterocycles. The van der Waals surface area contributed by atoms with Crippen LogP contribution < -0.4 is 10.6 Å². The molecular weight excluding hydrogens is 238 g/mol. The predicted molar refractivity (Wildman–Crippen MR) is 64.2 cm³/mol. The van der Waals surface area contributed by atoms with Gasteiger partial charge in [0.2, 0.25) is 0 Å². The summed E-state index contributed by atoms with van der Waals surface area (Å²) in [5.41, 5.74) is 6.09. The summed E-state index contributed by atoms with van der Waals surface area (Å²) in [5.74, 6) is -0.0726. The molecule has 1 saturated heterocycles. The minimum atomic E-state index is -0.814. The van der Waals surface area contributed by atoms with E-state index < -0.39 is 18.2 Å². The van der Waals surface area contributed by atoms with E-state index in [4.69, 9.17) is 5.73 Å². The number of aliphatic hydroxyl groups is 2. The van der Waals surface area contributed by atoms with E-state index in [1.165, 1.54) is 19.4 Å². The number of nitrogen functional groups attached to an aromatic ring is 1. The van der Waals surface area contributed by atoms with Crippen molar-refractivity contribution in [2.24, 2.45) is 0 Å². The quantitative estimate of drug-likeness (QED) is 0.579. The number of anilines is 2. The van der Waals surface area contributed by atoms with E-state index in [-0.39, 0.29) is 24.3 Å². The molecule has 0 saturated carbocycles. The second-order valence-corrected chi connectivity index (χ2v) is 4.16. The zero-order valence-electron chi connectivity index (χ0n) is 9.91. The number of pyridine rings is 1. The highest BCUT2D eigenvalue weighted by molar-refractivity contribution is 5.95. The second kappa shape index (κ2) is 4.79. The Morgan fingerprint density at radius 3 is 2.67 bits per heavy atom. The van der Waals surface area contributed by atoms with Gasteiger partial charge in [-0.15, -0.1) is 0 Å². The van der Waals surface area contributed by atoms with Crippen molar-refractivity contribution in [1.29, 1.82) is 0 Å². The Labute approximate surface area is 104 Å². The number of ether oxygens (including phenoxy) is 1. The first-order valence-electron chi connectivity index (χ1n) is 5.48. The first-order valence-corrected chi connectivity index (χ1v) is 5.48. The largest absolute Gasteiger partial charge is 0.465 e. The summed E-state index contributed by atoms with van der Waals surface area (Å²) in [6, 6.07) is 1.49. The zero-order chi connectivity index (χ0) is 13.3. The van der Waals surface area contributed by atoms with Gasteiger partial charge in [-0.3, -0.25) is 0 Å². The Morgan fingerprint density at radius 2 is 2.11 bits per heavy atom. The van der Waals surface area contributed by atoms with Crippen LogP contribution in [0, 0.1) is 0 Å². The van der Waals surface area contributed by atoms with Gasteiger partial charge in [-0.2, -0.15) is 0 Å². The van der Waals surface area contributed by atoms with Crippen LogP contribution in [-0.2, 0) is 4.74 Å². The molecule has 0 spiro atoms. The number of aromatic nitrogens is 1. The maximum absolute atomic E-state index is 11.5. The van der Waals surface area contributed by atoms with Crippen LogP contribution in [0.15, 0.2) is 12.3 Å². The lowest BCUT2D eigenvalue weighted by atomic mass is 10.2. The molecule has 98 valence electrons. The van der Waals surface area contributed by atoms with Gasteiger partial charge in [0, 0.05) is 13.1 Å². The van der Waals surface area contributed by atoms with Crippen LogP contribution in [0.4, 0.5) is 11.5 Å². The molecule has 4 N–H and O–H groups in total. The molecule has 18 heavy (non-hydrogen) atoms. The van der Waals surface area contributed by atoms with Crippen LogP contribution in [0.25, 0.3) is 0 Å². The normalized spacial score (nSPS) is 23.2. The van der Waals surface area contributed by atoms with Gasteiger partial charge < -0.3 is 25.6 Å². The first-order chi connectivity index (χ1) is 8.52. The monoisotopic (exact) mass is 253 g/mol. The highest BCUT2D eigenvalue weighted by atomic mass is 16.5. The van der Waals surface area contributed by atoms with Crippen molar-refractivity contribution in [2.45, 2.75) is 12.2 Å². The van der Waals surface area contributed by atoms with Crippen LogP contribution in [0.2, 0.25) is 0 Å². The maximum atomic E-state index is 11.5. The van der Waals surface area contributed by atoms with E-state index >= 15 is 0 Å². The summed E-state index contributed by atoms with van der Waals surface area (Å²) in [6.45, 7) is 0.525. The number of carbonyl (C=O) groups excluding carboxylic acids is 1. The third-order valence-electron chi connectivity index (χ3n) is 2.91. The van der Waals surface area contributed by atoms with Gasteiger partial charge in [-0.1, -0.05) is 0 Å². The SMILES string of the molecule is COC(=O)c1cc(N2CC(O)C(O)C2)ncc1N. The number of esters is 1. The summed E-state index contributed by atoms with van der Waals surface area (Å²) < 4.78 is 4.61. The fourth-order valence-corrected chi connectivity index (χ4v) is 1.87. The molecule has 1 fully saturated rings. The smallest absolute Gasteiger partial charge is 0.340 e. The molecular formula is C11H15N3O4. The molecule has 0 radical (unpaired) electrons. The van der Waals surface area contributed by atoms with Crippen LogP contribution >= 0.6 is 0 Å². The van der Waals surface area contributed by atoms with Gasteiger partial charge in [0.05, 0.1) is 36.8 Å². The summed E-state index contributed by atoms with van der Waals surface area (Å²) >= 11 is 0. The minimum absolute atomic E-state index is 0.221. The summed E-state index contributed by atoms with van der Waals surface area (Å²) in [4.78, 5) is 17.2. The van der Waals surface area contributed by atoms with E-state index in [0.29, 0.717) is 5.82 Å². The van der Waals surface area contributed by atoms with E-state index in [2.05, 4.69) is 9.72 Å². The molecule has 7 heteroatoms. The Bertz CT molecular complexity index is 456. The number of hydrogen-bond donors (Lipinski definition) is 3. The van der Waals surface area contributed by atoms with Crippen molar-refractivity contribution in [2.75, 3.05) is 30.8 Å². The Kier molecular flexibility index (Phi) is 3.35. The number of nitrogens with two attached hydrogens (primary N) is 1. The van der Waals surface area contributed by atoms with Crippen molar-refractivity contribution in [3.8, 4) is 0 Å². The number of hydrogen-bond acceptors (Lipinski definition) is 7. The maximum Gasteiger partial charge on any atom is 0.340 e. The van der Waals surface area contributed by atoms with Gasteiger partial charge in [-0.25, -0.2) is 9.78 Å². The topological polar surface area (TPSA) is 109 Å². The van der Waals surface area contributed by atoms with E-state index in [9.17, 15) is 15.0 Å². The lowest BCUT2D eigenvalue weighted by molar-refractivity contribution is 0.0572. The van der Waals surface area contributed by atoms with Crippen molar-refractivity contribution >= 4 is 17.5 Å². The molecule has 2 atom stereocenters. The molecule has 1 aromatic rings.